The topological polar surface area (TPSA) is 12.0 Å². The Hall–Kier alpha value is -0.0400. The molecule has 0 aliphatic rings. The van der Waals surface area contributed by atoms with E-state index < -0.39 is 0 Å². The maximum absolute atomic E-state index is 3.64. The van der Waals surface area contributed by atoms with E-state index in [2.05, 4.69) is 33.0 Å². The Kier molecular flexibility index (Phi) is 11.4. The van der Waals surface area contributed by atoms with Gasteiger partial charge < -0.3 is 5.32 Å². The summed E-state index contributed by atoms with van der Waals surface area (Å²) in [6, 6.07) is 0.774. The molecule has 0 rings (SSSR count). The maximum atomic E-state index is 3.64. The Balaban J connectivity index is 3.61. The summed E-state index contributed by atoms with van der Waals surface area (Å²) in [6.07, 6.45) is 11.0. The Morgan fingerprint density at radius 2 is 1.62 bits per heavy atom. The zero-order valence-corrected chi connectivity index (χ0v) is 12.0. The third-order valence-corrected chi connectivity index (χ3v) is 3.60. The first-order chi connectivity index (χ1) is 7.74. The lowest BCUT2D eigenvalue weighted by molar-refractivity contribution is 0.389. The first-order valence-corrected chi connectivity index (χ1v) is 7.47. The second kappa shape index (κ2) is 11.4. The van der Waals surface area contributed by atoms with Crippen LogP contribution in [0.15, 0.2) is 0 Å². The van der Waals surface area contributed by atoms with Crippen LogP contribution in [-0.4, -0.2) is 12.6 Å². The van der Waals surface area contributed by atoms with Crippen LogP contribution in [0.2, 0.25) is 0 Å². The van der Waals surface area contributed by atoms with Gasteiger partial charge in [-0.25, -0.2) is 0 Å². The molecule has 16 heavy (non-hydrogen) atoms. The first-order valence-electron chi connectivity index (χ1n) is 7.47. The molecule has 0 bridgehead atoms. The predicted octanol–water partition coefficient (Wildman–Crippen LogP) is 4.76. The largest absolute Gasteiger partial charge is 0.314 e. The zero-order valence-electron chi connectivity index (χ0n) is 12.0. The van der Waals surface area contributed by atoms with E-state index in [1.807, 2.05) is 0 Å². The summed E-state index contributed by atoms with van der Waals surface area (Å²) in [5, 5.41) is 3.64. The van der Waals surface area contributed by atoms with Gasteiger partial charge in [0.1, 0.15) is 0 Å². The summed E-state index contributed by atoms with van der Waals surface area (Å²) >= 11 is 0. The van der Waals surface area contributed by atoms with Gasteiger partial charge in [-0.3, -0.25) is 0 Å². The molecule has 0 saturated heterocycles. The van der Waals surface area contributed by atoms with E-state index in [-0.39, 0.29) is 0 Å². The van der Waals surface area contributed by atoms with Crippen molar-refractivity contribution in [3.05, 3.63) is 0 Å². The van der Waals surface area contributed by atoms with Crippen LogP contribution in [0.3, 0.4) is 0 Å². The summed E-state index contributed by atoms with van der Waals surface area (Å²) in [5.74, 6) is 0.900. The highest BCUT2D eigenvalue weighted by molar-refractivity contribution is 4.67. The second-order valence-corrected chi connectivity index (χ2v) is 5.19. The van der Waals surface area contributed by atoms with E-state index in [9.17, 15) is 0 Å². The van der Waals surface area contributed by atoms with Gasteiger partial charge in [0.2, 0.25) is 0 Å². The van der Waals surface area contributed by atoms with Crippen LogP contribution in [0.5, 0.6) is 0 Å². The molecule has 2 unspecified atom stereocenters. The number of hydrogen-bond acceptors (Lipinski definition) is 1. The number of nitrogens with one attached hydrogen (secondary N) is 1. The molecular formula is C15H33N. The van der Waals surface area contributed by atoms with Crippen molar-refractivity contribution in [2.24, 2.45) is 5.92 Å². The molecule has 0 spiro atoms. The summed E-state index contributed by atoms with van der Waals surface area (Å²) in [5.41, 5.74) is 0. The highest BCUT2D eigenvalue weighted by Gasteiger charge is 2.08. The minimum Gasteiger partial charge on any atom is -0.314 e. The van der Waals surface area contributed by atoms with Crippen LogP contribution in [0.4, 0.5) is 0 Å². The maximum Gasteiger partial charge on any atom is 0.00670 e. The fourth-order valence-corrected chi connectivity index (χ4v) is 2.14. The van der Waals surface area contributed by atoms with E-state index in [4.69, 9.17) is 0 Å². The van der Waals surface area contributed by atoms with Crippen molar-refractivity contribution in [1.29, 1.82) is 0 Å². The second-order valence-electron chi connectivity index (χ2n) is 5.19. The molecule has 0 aliphatic heterocycles. The van der Waals surface area contributed by atoms with Crippen LogP contribution in [0.25, 0.3) is 0 Å². The van der Waals surface area contributed by atoms with Gasteiger partial charge in [0.25, 0.3) is 0 Å². The predicted molar refractivity (Wildman–Crippen MR) is 74.9 cm³/mol. The Morgan fingerprint density at radius 1 is 0.875 bits per heavy atom. The van der Waals surface area contributed by atoms with Gasteiger partial charge in [-0.1, -0.05) is 59.8 Å². The summed E-state index contributed by atoms with van der Waals surface area (Å²) in [4.78, 5) is 0. The van der Waals surface area contributed by atoms with Crippen LogP contribution >= 0.6 is 0 Å². The number of rotatable bonds is 11. The van der Waals surface area contributed by atoms with Crippen molar-refractivity contribution in [1.82, 2.24) is 5.32 Å². The summed E-state index contributed by atoms with van der Waals surface area (Å²) < 4.78 is 0. The smallest absolute Gasteiger partial charge is 0.00670 e. The first kappa shape index (κ1) is 16.0. The molecule has 0 fully saturated rings. The fraction of sp³-hybridized carbons (Fsp3) is 1.00. The van der Waals surface area contributed by atoms with E-state index >= 15 is 0 Å². The van der Waals surface area contributed by atoms with Crippen molar-refractivity contribution < 1.29 is 0 Å². The van der Waals surface area contributed by atoms with Crippen LogP contribution in [0, 0.1) is 5.92 Å². The standard InChI is InChI=1S/C15H33N/c1-5-8-9-10-11-15(16-7-3)13-12-14(4)6-2/h14-16H,5-13H2,1-4H3. The van der Waals surface area contributed by atoms with Crippen molar-refractivity contribution in [2.45, 2.75) is 85.1 Å². The summed E-state index contributed by atoms with van der Waals surface area (Å²) in [6.45, 7) is 10.3. The zero-order chi connectivity index (χ0) is 12.2. The lowest BCUT2D eigenvalue weighted by Crippen LogP contribution is -2.29. The molecule has 0 aromatic carbocycles. The van der Waals surface area contributed by atoms with E-state index in [1.165, 1.54) is 51.4 Å². The molecule has 1 heteroatoms. The van der Waals surface area contributed by atoms with Crippen molar-refractivity contribution in [3.63, 3.8) is 0 Å². The Bertz CT molecular complexity index is 133. The Labute approximate surface area is 103 Å². The molecule has 0 heterocycles. The quantitative estimate of drug-likeness (QED) is 0.502. The van der Waals surface area contributed by atoms with Crippen molar-refractivity contribution in [3.8, 4) is 0 Å². The molecule has 0 aromatic heterocycles. The normalized spacial score (nSPS) is 15.0. The lowest BCUT2D eigenvalue weighted by Gasteiger charge is -2.19. The average Bonchev–Trinajstić information content (AvgIpc) is 2.30. The average molecular weight is 227 g/mol. The van der Waals surface area contributed by atoms with Gasteiger partial charge >= 0.3 is 0 Å². The van der Waals surface area contributed by atoms with E-state index in [1.54, 1.807) is 0 Å². The van der Waals surface area contributed by atoms with Crippen molar-refractivity contribution in [2.75, 3.05) is 6.54 Å². The third-order valence-electron chi connectivity index (χ3n) is 3.60. The highest BCUT2D eigenvalue weighted by atomic mass is 14.9. The van der Waals surface area contributed by atoms with Gasteiger partial charge in [-0.15, -0.1) is 0 Å². The SMILES string of the molecule is CCCCCCC(CCC(C)CC)NCC. The molecule has 0 amide bonds. The molecule has 0 aliphatic carbocycles. The molecule has 2 atom stereocenters. The molecule has 0 saturated carbocycles. The van der Waals surface area contributed by atoms with E-state index in [0.717, 1.165) is 18.5 Å². The number of hydrogen-bond donors (Lipinski definition) is 1. The molecule has 1 nitrogen and oxygen atoms in total. The lowest BCUT2D eigenvalue weighted by atomic mass is 9.96. The van der Waals surface area contributed by atoms with Gasteiger partial charge in [0.15, 0.2) is 0 Å². The minimum atomic E-state index is 0.774. The molecule has 98 valence electrons. The highest BCUT2D eigenvalue weighted by Crippen LogP contribution is 2.15. The molecule has 0 radical (unpaired) electrons. The van der Waals surface area contributed by atoms with Gasteiger partial charge in [-0.2, -0.15) is 0 Å². The van der Waals surface area contributed by atoms with Gasteiger partial charge in [-0.05, 0) is 31.7 Å². The Morgan fingerprint density at radius 3 is 2.19 bits per heavy atom. The van der Waals surface area contributed by atoms with Crippen LogP contribution in [-0.2, 0) is 0 Å². The van der Waals surface area contributed by atoms with Crippen molar-refractivity contribution >= 4 is 0 Å². The molecule has 1 N–H and O–H groups in total. The third kappa shape index (κ3) is 9.21. The van der Waals surface area contributed by atoms with Crippen LogP contribution < -0.4 is 5.32 Å². The van der Waals surface area contributed by atoms with E-state index in [0.29, 0.717) is 0 Å². The summed E-state index contributed by atoms with van der Waals surface area (Å²) in [7, 11) is 0. The molecular weight excluding hydrogens is 194 g/mol. The van der Waals surface area contributed by atoms with Gasteiger partial charge in [0, 0.05) is 6.04 Å². The van der Waals surface area contributed by atoms with Gasteiger partial charge in [0.05, 0.1) is 0 Å². The minimum absolute atomic E-state index is 0.774. The van der Waals surface area contributed by atoms with Crippen LogP contribution in [0.1, 0.15) is 79.1 Å². The fourth-order valence-electron chi connectivity index (χ4n) is 2.14. The number of unbranched alkanes of at least 4 members (excludes halogenated alkanes) is 3. The monoisotopic (exact) mass is 227 g/mol. The molecule has 0 aromatic rings.